The Hall–Kier alpha value is -0.820. The highest BCUT2D eigenvalue weighted by molar-refractivity contribution is 5.23. The van der Waals surface area contributed by atoms with Crippen LogP contribution in [-0.2, 0) is 0 Å². The molecular weight excluding hydrogens is 182 g/mol. The third kappa shape index (κ3) is 3.67. The molecule has 1 heteroatoms. The summed E-state index contributed by atoms with van der Waals surface area (Å²) >= 11 is 0. The van der Waals surface area contributed by atoms with Crippen LogP contribution in [0, 0.1) is 12.8 Å². The lowest BCUT2D eigenvalue weighted by atomic mass is 10.0. The van der Waals surface area contributed by atoms with Crippen LogP contribution in [0.3, 0.4) is 0 Å². The second kappa shape index (κ2) is 5.32. The van der Waals surface area contributed by atoms with E-state index in [1.54, 1.807) is 0 Å². The van der Waals surface area contributed by atoms with Gasteiger partial charge in [0, 0.05) is 12.1 Å². The van der Waals surface area contributed by atoms with Gasteiger partial charge in [-0.3, -0.25) is 0 Å². The molecule has 15 heavy (non-hydrogen) atoms. The summed E-state index contributed by atoms with van der Waals surface area (Å²) in [5.74, 6) is 0.679. The molecule has 1 N–H and O–H groups in total. The van der Waals surface area contributed by atoms with E-state index in [-0.39, 0.29) is 0 Å². The third-order valence-corrected chi connectivity index (χ3v) is 3.09. The van der Waals surface area contributed by atoms with Gasteiger partial charge in [-0.15, -0.1) is 0 Å². The van der Waals surface area contributed by atoms with Crippen LogP contribution in [0.15, 0.2) is 24.3 Å². The minimum Gasteiger partial charge on any atom is -0.307 e. The van der Waals surface area contributed by atoms with E-state index >= 15 is 0 Å². The largest absolute Gasteiger partial charge is 0.307 e. The molecule has 0 heterocycles. The van der Waals surface area contributed by atoms with Gasteiger partial charge in [-0.25, -0.2) is 0 Å². The molecule has 0 aliphatic carbocycles. The Bertz CT molecular complexity index is 287. The van der Waals surface area contributed by atoms with E-state index in [0.717, 1.165) is 0 Å². The monoisotopic (exact) mass is 205 g/mol. The number of hydrogen-bond donors (Lipinski definition) is 1. The van der Waals surface area contributed by atoms with E-state index in [9.17, 15) is 0 Å². The van der Waals surface area contributed by atoms with Gasteiger partial charge >= 0.3 is 0 Å². The van der Waals surface area contributed by atoms with Crippen molar-refractivity contribution in [3.05, 3.63) is 35.4 Å². The van der Waals surface area contributed by atoms with Crippen LogP contribution in [0.25, 0.3) is 0 Å². The van der Waals surface area contributed by atoms with Crippen molar-refractivity contribution in [3.63, 3.8) is 0 Å². The fraction of sp³-hybridized carbons (Fsp3) is 0.571. The normalized spacial score (nSPS) is 15.3. The SMILES string of the molecule is Cc1ccc([C@H](C)NC(C)C(C)C)cc1. The van der Waals surface area contributed by atoms with E-state index in [1.165, 1.54) is 11.1 Å². The van der Waals surface area contributed by atoms with Gasteiger partial charge in [-0.2, -0.15) is 0 Å². The Morgan fingerprint density at radius 1 is 0.933 bits per heavy atom. The molecule has 1 nitrogen and oxygen atoms in total. The Balaban J connectivity index is 2.61. The molecule has 0 spiro atoms. The van der Waals surface area contributed by atoms with Crippen LogP contribution in [0.4, 0.5) is 0 Å². The standard InChI is InChI=1S/C14H23N/c1-10(2)12(4)15-13(5)14-8-6-11(3)7-9-14/h6-10,12-13,15H,1-5H3/t12?,13-/m0/s1. The number of hydrogen-bond acceptors (Lipinski definition) is 1. The van der Waals surface area contributed by atoms with Crippen molar-refractivity contribution in [2.24, 2.45) is 5.92 Å². The molecule has 0 aromatic heterocycles. The summed E-state index contributed by atoms with van der Waals surface area (Å²) in [7, 11) is 0. The summed E-state index contributed by atoms with van der Waals surface area (Å²) in [6.45, 7) is 11.1. The van der Waals surface area contributed by atoms with Crippen molar-refractivity contribution in [1.82, 2.24) is 5.32 Å². The van der Waals surface area contributed by atoms with Crippen LogP contribution >= 0.6 is 0 Å². The molecular formula is C14H23N. The molecule has 2 atom stereocenters. The van der Waals surface area contributed by atoms with Crippen LogP contribution in [0.5, 0.6) is 0 Å². The number of rotatable bonds is 4. The highest BCUT2D eigenvalue weighted by Crippen LogP contribution is 2.15. The molecule has 1 aromatic carbocycles. The van der Waals surface area contributed by atoms with Gasteiger partial charge in [0.2, 0.25) is 0 Å². The van der Waals surface area contributed by atoms with E-state index < -0.39 is 0 Å². The van der Waals surface area contributed by atoms with Crippen LogP contribution < -0.4 is 5.32 Å². The lowest BCUT2D eigenvalue weighted by molar-refractivity contribution is 0.389. The van der Waals surface area contributed by atoms with Crippen LogP contribution in [0.1, 0.15) is 44.9 Å². The van der Waals surface area contributed by atoms with Crippen molar-refractivity contribution in [2.45, 2.75) is 46.7 Å². The number of benzene rings is 1. The minimum absolute atomic E-state index is 0.433. The molecule has 0 fully saturated rings. The topological polar surface area (TPSA) is 12.0 Å². The summed E-state index contributed by atoms with van der Waals surface area (Å²) in [6, 6.07) is 9.76. The zero-order valence-electron chi connectivity index (χ0n) is 10.5. The maximum atomic E-state index is 3.62. The van der Waals surface area contributed by atoms with Crippen LogP contribution in [0.2, 0.25) is 0 Å². The number of nitrogens with one attached hydrogen (secondary N) is 1. The summed E-state index contributed by atoms with van der Waals surface area (Å²) in [4.78, 5) is 0. The van der Waals surface area contributed by atoms with Gasteiger partial charge in [0.05, 0.1) is 0 Å². The summed E-state index contributed by atoms with van der Waals surface area (Å²) in [5, 5.41) is 3.62. The smallest absolute Gasteiger partial charge is 0.0294 e. The average Bonchev–Trinajstić information content (AvgIpc) is 2.18. The summed E-state index contributed by atoms with van der Waals surface area (Å²) in [6.07, 6.45) is 0. The van der Waals surface area contributed by atoms with Crippen molar-refractivity contribution in [2.75, 3.05) is 0 Å². The molecule has 0 saturated carbocycles. The molecule has 0 aliphatic heterocycles. The molecule has 0 bridgehead atoms. The maximum absolute atomic E-state index is 3.62. The van der Waals surface area contributed by atoms with E-state index in [2.05, 4.69) is 64.2 Å². The lowest BCUT2D eigenvalue weighted by Gasteiger charge is -2.23. The van der Waals surface area contributed by atoms with Crippen molar-refractivity contribution in [3.8, 4) is 0 Å². The molecule has 0 radical (unpaired) electrons. The van der Waals surface area contributed by atoms with E-state index in [1.807, 2.05) is 0 Å². The Morgan fingerprint density at radius 2 is 1.47 bits per heavy atom. The molecule has 84 valence electrons. The third-order valence-electron chi connectivity index (χ3n) is 3.09. The summed E-state index contributed by atoms with van der Waals surface area (Å²) < 4.78 is 0. The zero-order chi connectivity index (χ0) is 11.4. The van der Waals surface area contributed by atoms with Crippen LogP contribution in [-0.4, -0.2) is 6.04 Å². The first-order valence-electron chi connectivity index (χ1n) is 5.83. The molecule has 0 aliphatic rings. The molecule has 0 saturated heterocycles. The molecule has 0 amide bonds. The van der Waals surface area contributed by atoms with Gasteiger partial charge in [-0.05, 0) is 32.3 Å². The highest BCUT2D eigenvalue weighted by Gasteiger charge is 2.11. The summed E-state index contributed by atoms with van der Waals surface area (Å²) in [5.41, 5.74) is 2.69. The van der Waals surface area contributed by atoms with Crippen molar-refractivity contribution < 1.29 is 0 Å². The van der Waals surface area contributed by atoms with Gasteiger partial charge in [0.15, 0.2) is 0 Å². The second-order valence-corrected chi connectivity index (χ2v) is 4.83. The molecule has 1 rings (SSSR count). The predicted molar refractivity (Wildman–Crippen MR) is 67.0 cm³/mol. The number of aryl methyl sites for hydroxylation is 1. The quantitative estimate of drug-likeness (QED) is 0.790. The maximum Gasteiger partial charge on any atom is 0.0294 e. The van der Waals surface area contributed by atoms with Gasteiger partial charge in [0.25, 0.3) is 0 Å². The predicted octanol–water partition coefficient (Wildman–Crippen LogP) is 3.69. The van der Waals surface area contributed by atoms with E-state index in [4.69, 9.17) is 0 Å². The first kappa shape index (κ1) is 12.3. The Labute approximate surface area is 93.9 Å². The Morgan fingerprint density at radius 3 is 1.93 bits per heavy atom. The van der Waals surface area contributed by atoms with Gasteiger partial charge < -0.3 is 5.32 Å². The van der Waals surface area contributed by atoms with Gasteiger partial charge in [0.1, 0.15) is 0 Å². The van der Waals surface area contributed by atoms with Crippen molar-refractivity contribution in [1.29, 1.82) is 0 Å². The first-order chi connectivity index (χ1) is 7.00. The van der Waals surface area contributed by atoms with E-state index in [0.29, 0.717) is 18.0 Å². The fourth-order valence-corrected chi connectivity index (χ4v) is 1.54. The molecule has 1 aromatic rings. The average molecular weight is 205 g/mol. The highest BCUT2D eigenvalue weighted by atomic mass is 14.9. The Kier molecular flexibility index (Phi) is 4.34. The molecule has 1 unspecified atom stereocenters. The second-order valence-electron chi connectivity index (χ2n) is 4.83. The van der Waals surface area contributed by atoms with Crippen molar-refractivity contribution >= 4 is 0 Å². The zero-order valence-corrected chi connectivity index (χ0v) is 10.5. The fourth-order valence-electron chi connectivity index (χ4n) is 1.54. The lowest BCUT2D eigenvalue weighted by Crippen LogP contribution is -2.32. The van der Waals surface area contributed by atoms with Gasteiger partial charge in [-0.1, -0.05) is 43.7 Å². The first-order valence-corrected chi connectivity index (χ1v) is 5.83. The minimum atomic E-state index is 0.433.